The van der Waals surface area contributed by atoms with Crippen molar-refractivity contribution >= 4 is 35.6 Å². The van der Waals surface area contributed by atoms with Gasteiger partial charge < -0.3 is 15.5 Å². The molecule has 0 aromatic carbocycles. The number of carbonyl (C=O) groups is 2. The number of piperidine rings is 1. The lowest BCUT2D eigenvalue weighted by atomic mass is 9.67. The third-order valence-electron chi connectivity index (χ3n) is 6.55. The molecule has 150 valence electrons. The van der Waals surface area contributed by atoms with E-state index in [1.54, 1.807) is 0 Å². The van der Waals surface area contributed by atoms with Crippen molar-refractivity contribution in [1.29, 1.82) is 0 Å². The van der Waals surface area contributed by atoms with Crippen LogP contribution in [0.5, 0.6) is 0 Å². The SMILES string of the molecule is Cc1ccc(C(=O)NC2CCN(C(=O)[C@@]34CCCC[C@H]3CNC4)CC2)s1.Cl. The number of halogens is 1. The van der Waals surface area contributed by atoms with Crippen molar-refractivity contribution in [3.8, 4) is 0 Å². The number of fused-ring (bicyclic) bond motifs is 1. The molecule has 1 aromatic heterocycles. The molecule has 1 aliphatic carbocycles. The molecular formula is C20H30ClN3O2S. The summed E-state index contributed by atoms with van der Waals surface area (Å²) in [6.45, 7) is 5.40. The minimum absolute atomic E-state index is 0. The zero-order chi connectivity index (χ0) is 18.1. The molecule has 3 aliphatic rings. The van der Waals surface area contributed by atoms with Gasteiger partial charge in [-0.05, 0) is 57.2 Å². The molecule has 0 bridgehead atoms. The highest BCUT2D eigenvalue weighted by molar-refractivity contribution is 7.13. The number of hydrogen-bond acceptors (Lipinski definition) is 4. The average molecular weight is 412 g/mol. The minimum Gasteiger partial charge on any atom is -0.348 e. The fraction of sp³-hybridized carbons (Fsp3) is 0.700. The molecule has 2 saturated heterocycles. The third-order valence-corrected chi connectivity index (χ3v) is 7.55. The van der Waals surface area contributed by atoms with Gasteiger partial charge in [0.1, 0.15) is 0 Å². The summed E-state index contributed by atoms with van der Waals surface area (Å²) in [6.07, 6.45) is 6.38. The zero-order valence-electron chi connectivity index (χ0n) is 16.0. The minimum atomic E-state index is -0.150. The second-order valence-corrected chi connectivity index (χ2v) is 9.47. The topological polar surface area (TPSA) is 61.4 Å². The van der Waals surface area contributed by atoms with Crippen molar-refractivity contribution in [2.24, 2.45) is 11.3 Å². The molecule has 3 heterocycles. The second-order valence-electron chi connectivity index (χ2n) is 8.18. The summed E-state index contributed by atoms with van der Waals surface area (Å²) in [7, 11) is 0. The summed E-state index contributed by atoms with van der Waals surface area (Å²) in [5.74, 6) is 0.910. The van der Waals surface area contributed by atoms with Crippen LogP contribution < -0.4 is 10.6 Å². The van der Waals surface area contributed by atoms with Crippen LogP contribution in [-0.2, 0) is 4.79 Å². The van der Waals surface area contributed by atoms with Crippen LogP contribution in [0.2, 0.25) is 0 Å². The summed E-state index contributed by atoms with van der Waals surface area (Å²) in [5.41, 5.74) is -0.150. The monoisotopic (exact) mass is 411 g/mol. The molecule has 7 heteroatoms. The molecule has 3 fully saturated rings. The van der Waals surface area contributed by atoms with Crippen LogP contribution >= 0.6 is 23.7 Å². The van der Waals surface area contributed by atoms with Crippen LogP contribution in [0.4, 0.5) is 0 Å². The van der Waals surface area contributed by atoms with E-state index >= 15 is 0 Å². The Kier molecular flexibility index (Phi) is 6.49. The fourth-order valence-corrected chi connectivity index (χ4v) is 5.79. The molecule has 27 heavy (non-hydrogen) atoms. The van der Waals surface area contributed by atoms with Gasteiger partial charge in [-0.2, -0.15) is 0 Å². The first-order valence-electron chi connectivity index (χ1n) is 9.96. The number of carbonyl (C=O) groups excluding carboxylic acids is 2. The van der Waals surface area contributed by atoms with E-state index < -0.39 is 0 Å². The molecule has 1 saturated carbocycles. The number of thiophene rings is 1. The molecule has 2 amide bonds. The maximum absolute atomic E-state index is 13.3. The van der Waals surface area contributed by atoms with Gasteiger partial charge in [-0.1, -0.05) is 12.8 Å². The van der Waals surface area contributed by atoms with Crippen LogP contribution in [0.3, 0.4) is 0 Å². The van der Waals surface area contributed by atoms with Gasteiger partial charge in [0.25, 0.3) is 5.91 Å². The van der Waals surface area contributed by atoms with Crippen molar-refractivity contribution < 1.29 is 9.59 Å². The summed E-state index contributed by atoms with van der Waals surface area (Å²) in [4.78, 5) is 29.7. The summed E-state index contributed by atoms with van der Waals surface area (Å²) < 4.78 is 0. The predicted octanol–water partition coefficient (Wildman–Crippen LogP) is 2.98. The highest BCUT2D eigenvalue weighted by Gasteiger charge is 2.51. The maximum atomic E-state index is 13.3. The lowest BCUT2D eigenvalue weighted by molar-refractivity contribution is -0.146. The molecule has 1 aromatic rings. The quantitative estimate of drug-likeness (QED) is 0.803. The number of nitrogens with zero attached hydrogens (tertiary/aromatic N) is 1. The normalized spacial score (nSPS) is 28.3. The Labute approximate surface area is 171 Å². The molecule has 0 unspecified atom stereocenters. The van der Waals surface area contributed by atoms with E-state index in [-0.39, 0.29) is 29.8 Å². The molecule has 2 N–H and O–H groups in total. The van der Waals surface area contributed by atoms with E-state index in [2.05, 4.69) is 15.5 Å². The Morgan fingerprint density at radius 3 is 2.70 bits per heavy atom. The smallest absolute Gasteiger partial charge is 0.261 e. The standard InChI is InChI=1S/C20H29N3O2S.ClH/c1-14-5-6-17(26-14)18(24)22-16-7-10-23(11-8-16)19(25)20-9-3-2-4-15(20)12-21-13-20;/h5-6,15-16,21H,2-4,7-13H2,1H3,(H,22,24);1H/t15-,20+;/m0./s1. The number of hydrogen-bond donors (Lipinski definition) is 2. The highest BCUT2D eigenvalue weighted by atomic mass is 35.5. The van der Waals surface area contributed by atoms with E-state index in [9.17, 15) is 9.59 Å². The van der Waals surface area contributed by atoms with Crippen LogP contribution in [-0.4, -0.2) is 48.9 Å². The first kappa shape index (κ1) is 20.6. The first-order chi connectivity index (χ1) is 12.6. The van der Waals surface area contributed by atoms with Crippen molar-refractivity contribution in [3.63, 3.8) is 0 Å². The van der Waals surface area contributed by atoms with Crippen LogP contribution in [0.25, 0.3) is 0 Å². The number of rotatable bonds is 3. The van der Waals surface area contributed by atoms with Gasteiger partial charge in [-0.25, -0.2) is 0 Å². The second kappa shape index (κ2) is 8.50. The van der Waals surface area contributed by atoms with Gasteiger partial charge in [-0.3, -0.25) is 9.59 Å². The summed E-state index contributed by atoms with van der Waals surface area (Å²) in [5, 5.41) is 6.63. The fourth-order valence-electron chi connectivity index (χ4n) is 5.02. The summed E-state index contributed by atoms with van der Waals surface area (Å²) in [6, 6.07) is 4.05. The van der Waals surface area contributed by atoms with E-state index in [1.807, 2.05) is 19.1 Å². The molecule has 0 radical (unpaired) electrons. The first-order valence-corrected chi connectivity index (χ1v) is 10.8. The Morgan fingerprint density at radius 2 is 2.00 bits per heavy atom. The van der Waals surface area contributed by atoms with Gasteiger partial charge in [0, 0.05) is 30.6 Å². The Morgan fingerprint density at radius 1 is 1.22 bits per heavy atom. The Bertz CT molecular complexity index is 687. The molecule has 2 atom stereocenters. The molecule has 4 rings (SSSR count). The number of amides is 2. The Balaban J connectivity index is 0.00000210. The molecule has 2 aliphatic heterocycles. The number of nitrogens with one attached hydrogen (secondary N) is 2. The number of likely N-dealkylation sites (tertiary alicyclic amines) is 1. The van der Waals surface area contributed by atoms with Crippen molar-refractivity contribution in [2.45, 2.75) is 51.5 Å². The van der Waals surface area contributed by atoms with Crippen LogP contribution in [0.1, 0.15) is 53.1 Å². The van der Waals surface area contributed by atoms with E-state index in [0.29, 0.717) is 11.8 Å². The van der Waals surface area contributed by atoms with Crippen molar-refractivity contribution in [3.05, 3.63) is 21.9 Å². The third kappa shape index (κ3) is 4.03. The van der Waals surface area contributed by atoms with E-state index in [1.165, 1.54) is 30.6 Å². The zero-order valence-corrected chi connectivity index (χ0v) is 17.6. The van der Waals surface area contributed by atoms with Gasteiger partial charge in [-0.15, -0.1) is 23.7 Å². The predicted molar refractivity (Wildman–Crippen MR) is 111 cm³/mol. The molecule has 0 spiro atoms. The molecule has 5 nitrogen and oxygen atoms in total. The molecular weight excluding hydrogens is 382 g/mol. The maximum Gasteiger partial charge on any atom is 0.261 e. The van der Waals surface area contributed by atoms with E-state index in [4.69, 9.17) is 0 Å². The number of aryl methyl sites for hydroxylation is 1. The van der Waals surface area contributed by atoms with Crippen LogP contribution in [0.15, 0.2) is 12.1 Å². The van der Waals surface area contributed by atoms with Crippen molar-refractivity contribution in [2.75, 3.05) is 26.2 Å². The highest BCUT2D eigenvalue weighted by Crippen LogP contribution is 2.45. The van der Waals surface area contributed by atoms with Crippen molar-refractivity contribution in [1.82, 2.24) is 15.5 Å². The summed E-state index contributed by atoms with van der Waals surface area (Å²) >= 11 is 1.53. The van der Waals surface area contributed by atoms with Gasteiger partial charge in [0.05, 0.1) is 10.3 Å². The lowest BCUT2D eigenvalue weighted by Gasteiger charge is -2.43. The van der Waals surface area contributed by atoms with Gasteiger partial charge in [0.15, 0.2) is 0 Å². The largest absolute Gasteiger partial charge is 0.348 e. The van der Waals surface area contributed by atoms with E-state index in [0.717, 1.165) is 55.2 Å². The van der Waals surface area contributed by atoms with Crippen LogP contribution in [0, 0.1) is 18.3 Å². The van der Waals surface area contributed by atoms with Gasteiger partial charge >= 0.3 is 0 Å². The van der Waals surface area contributed by atoms with Gasteiger partial charge in [0.2, 0.25) is 5.91 Å². The Hall–Kier alpha value is -1.11. The lowest BCUT2D eigenvalue weighted by Crippen LogP contribution is -2.54. The average Bonchev–Trinajstić information content (AvgIpc) is 3.28.